The molecule has 1 saturated heterocycles. The number of carbonyl (C=O) groups excluding carboxylic acids is 1. The van der Waals surface area contributed by atoms with E-state index in [9.17, 15) is 9.90 Å². The fourth-order valence-corrected chi connectivity index (χ4v) is 2.53. The predicted molar refractivity (Wildman–Crippen MR) is 76.9 cm³/mol. The number of pyridine rings is 1. The number of anilines is 1. The zero-order valence-corrected chi connectivity index (χ0v) is 12.3. The van der Waals surface area contributed by atoms with Gasteiger partial charge in [-0.25, -0.2) is 4.98 Å². The summed E-state index contributed by atoms with van der Waals surface area (Å²) in [4.78, 5) is 18.1. The van der Waals surface area contributed by atoms with Gasteiger partial charge in [0.25, 0.3) is 0 Å². The highest BCUT2D eigenvalue weighted by atomic mass is 79.9. The molecule has 1 unspecified atom stereocenters. The molecule has 19 heavy (non-hydrogen) atoms. The zero-order chi connectivity index (χ0) is 13.7. The van der Waals surface area contributed by atoms with Crippen LogP contribution in [0.1, 0.15) is 19.3 Å². The summed E-state index contributed by atoms with van der Waals surface area (Å²) in [5.74, 6) is 0.459. The van der Waals surface area contributed by atoms with Crippen LogP contribution in [0.5, 0.6) is 0 Å². The Balaban J connectivity index is 1.88. The van der Waals surface area contributed by atoms with Crippen LogP contribution in [-0.2, 0) is 4.79 Å². The summed E-state index contributed by atoms with van der Waals surface area (Å²) in [7, 11) is 0. The Morgan fingerprint density at radius 3 is 3.05 bits per heavy atom. The molecule has 0 aliphatic carbocycles. The number of aromatic nitrogens is 1. The van der Waals surface area contributed by atoms with Crippen molar-refractivity contribution in [2.45, 2.75) is 25.3 Å². The molecule has 5 nitrogen and oxygen atoms in total. The number of nitrogens with one attached hydrogen (secondary N) is 1. The number of hydrogen-bond acceptors (Lipinski definition) is 4. The normalized spacial score (nSPS) is 20.2. The van der Waals surface area contributed by atoms with Crippen molar-refractivity contribution in [3.8, 4) is 0 Å². The molecular formula is C13H18BrN3O2. The van der Waals surface area contributed by atoms with Gasteiger partial charge < -0.3 is 10.4 Å². The van der Waals surface area contributed by atoms with Crippen molar-refractivity contribution < 1.29 is 9.90 Å². The van der Waals surface area contributed by atoms with Crippen LogP contribution in [-0.4, -0.2) is 46.6 Å². The maximum absolute atomic E-state index is 11.9. The number of amides is 1. The van der Waals surface area contributed by atoms with E-state index in [4.69, 9.17) is 0 Å². The lowest BCUT2D eigenvalue weighted by Crippen LogP contribution is -2.45. The number of piperidine rings is 1. The van der Waals surface area contributed by atoms with Crippen LogP contribution in [0.3, 0.4) is 0 Å². The minimum Gasteiger partial charge on any atom is -0.395 e. The van der Waals surface area contributed by atoms with E-state index in [1.165, 1.54) is 0 Å². The molecule has 1 aromatic rings. The Morgan fingerprint density at radius 2 is 2.37 bits per heavy atom. The number of halogens is 1. The van der Waals surface area contributed by atoms with Crippen molar-refractivity contribution in [1.29, 1.82) is 0 Å². The Labute approximate surface area is 121 Å². The molecular weight excluding hydrogens is 310 g/mol. The molecule has 1 fully saturated rings. The Hall–Kier alpha value is -0.980. The van der Waals surface area contributed by atoms with Crippen LogP contribution >= 0.6 is 15.9 Å². The molecule has 2 N–H and O–H groups in total. The first-order valence-corrected chi connectivity index (χ1v) is 7.24. The molecule has 1 amide bonds. The molecule has 0 radical (unpaired) electrons. The molecule has 0 aromatic carbocycles. The summed E-state index contributed by atoms with van der Waals surface area (Å²) in [5.41, 5.74) is 0. The molecule has 2 heterocycles. The maximum atomic E-state index is 11.9. The number of nitrogens with zero attached hydrogens (tertiary/aromatic N) is 2. The number of aliphatic hydroxyl groups is 1. The van der Waals surface area contributed by atoms with Crippen LogP contribution in [0.15, 0.2) is 22.8 Å². The van der Waals surface area contributed by atoms with E-state index in [1.807, 2.05) is 11.0 Å². The van der Waals surface area contributed by atoms with Gasteiger partial charge in [0.1, 0.15) is 5.82 Å². The Bertz CT molecular complexity index is 424. The molecule has 0 bridgehead atoms. The molecule has 0 spiro atoms. The van der Waals surface area contributed by atoms with Crippen LogP contribution in [0.25, 0.3) is 0 Å². The second kappa shape index (κ2) is 6.98. The number of likely N-dealkylation sites (tertiary alicyclic amines) is 1. The maximum Gasteiger partial charge on any atom is 0.239 e. The summed E-state index contributed by atoms with van der Waals surface area (Å²) < 4.78 is 0.877. The molecule has 1 aliphatic heterocycles. The number of hydrogen-bond donors (Lipinski definition) is 2. The zero-order valence-electron chi connectivity index (χ0n) is 10.7. The predicted octanol–water partition coefficient (Wildman–Crippen LogP) is 1.63. The van der Waals surface area contributed by atoms with E-state index in [-0.39, 0.29) is 18.6 Å². The van der Waals surface area contributed by atoms with Crippen molar-refractivity contribution in [2.24, 2.45) is 0 Å². The Morgan fingerprint density at radius 1 is 1.53 bits per heavy atom. The monoisotopic (exact) mass is 327 g/mol. The first-order valence-electron chi connectivity index (χ1n) is 6.45. The van der Waals surface area contributed by atoms with Crippen LogP contribution < -0.4 is 5.32 Å². The summed E-state index contributed by atoms with van der Waals surface area (Å²) in [5, 5.41) is 12.1. The Kier molecular flexibility index (Phi) is 5.30. The van der Waals surface area contributed by atoms with E-state index < -0.39 is 0 Å². The van der Waals surface area contributed by atoms with E-state index in [0.29, 0.717) is 12.4 Å². The van der Waals surface area contributed by atoms with Crippen LogP contribution in [0, 0.1) is 0 Å². The van der Waals surface area contributed by atoms with Crippen molar-refractivity contribution in [1.82, 2.24) is 9.88 Å². The standard InChI is InChI=1S/C13H18BrN3O2/c14-10-4-5-12(15-7-10)16-13(19)8-17-6-2-1-3-11(17)9-18/h4-5,7,11,18H,1-3,6,8-9H2,(H,15,16,19). The smallest absolute Gasteiger partial charge is 0.239 e. The summed E-state index contributed by atoms with van der Waals surface area (Å²) >= 11 is 3.30. The lowest BCUT2D eigenvalue weighted by atomic mass is 10.0. The fourth-order valence-electron chi connectivity index (χ4n) is 2.29. The minimum absolute atomic E-state index is 0.0878. The van der Waals surface area contributed by atoms with Gasteiger partial charge in [-0.2, -0.15) is 0 Å². The molecule has 2 rings (SSSR count). The van der Waals surface area contributed by atoms with Crippen molar-refractivity contribution in [3.05, 3.63) is 22.8 Å². The molecule has 104 valence electrons. The first-order chi connectivity index (χ1) is 9.19. The van der Waals surface area contributed by atoms with E-state index in [1.54, 1.807) is 12.3 Å². The SMILES string of the molecule is O=C(CN1CCCCC1CO)Nc1ccc(Br)cn1. The quantitative estimate of drug-likeness (QED) is 0.882. The topological polar surface area (TPSA) is 65.5 Å². The van der Waals surface area contributed by atoms with Gasteiger partial charge in [0.05, 0.1) is 13.2 Å². The van der Waals surface area contributed by atoms with Crippen molar-refractivity contribution in [3.63, 3.8) is 0 Å². The minimum atomic E-state index is -0.0878. The van der Waals surface area contributed by atoms with E-state index in [0.717, 1.165) is 30.3 Å². The highest BCUT2D eigenvalue weighted by molar-refractivity contribution is 9.10. The lowest BCUT2D eigenvalue weighted by molar-refractivity contribution is -0.118. The van der Waals surface area contributed by atoms with E-state index >= 15 is 0 Å². The summed E-state index contributed by atoms with van der Waals surface area (Å²) in [6, 6.07) is 3.69. The molecule has 6 heteroatoms. The number of aliphatic hydroxyl groups excluding tert-OH is 1. The van der Waals surface area contributed by atoms with Crippen LogP contribution in [0.2, 0.25) is 0 Å². The highest BCUT2D eigenvalue weighted by Gasteiger charge is 2.23. The van der Waals surface area contributed by atoms with Gasteiger partial charge >= 0.3 is 0 Å². The number of rotatable bonds is 4. The van der Waals surface area contributed by atoms with Gasteiger partial charge in [0.15, 0.2) is 0 Å². The third-order valence-corrected chi connectivity index (χ3v) is 3.77. The van der Waals surface area contributed by atoms with Crippen LogP contribution in [0.4, 0.5) is 5.82 Å². The van der Waals surface area contributed by atoms with Gasteiger partial charge in [-0.3, -0.25) is 9.69 Å². The number of carbonyl (C=O) groups is 1. The second-order valence-electron chi connectivity index (χ2n) is 4.71. The average Bonchev–Trinajstić information content (AvgIpc) is 2.42. The molecule has 1 atom stereocenters. The summed E-state index contributed by atoms with van der Waals surface area (Å²) in [6.45, 7) is 1.29. The van der Waals surface area contributed by atoms with Gasteiger partial charge in [-0.1, -0.05) is 6.42 Å². The highest BCUT2D eigenvalue weighted by Crippen LogP contribution is 2.16. The summed E-state index contributed by atoms with van der Waals surface area (Å²) in [6.07, 6.45) is 4.81. The fraction of sp³-hybridized carbons (Fsp3) is 0.538. The molecule has 1 aromatic heterocycles. The third kappa shape index (κ3) is 4.26. The van der Waals surface area contributed by atoms with E-state index in [2.05, 4.69) is 26.2 Å². The largest absolute Gasteiger partial charge is 0.395 e. The lowest BCUT2D eigenvalue weighted by Gasteiger charge is -2.33. The van der Waals surface area contributed by atoms with Gasteiger partial charge in [-0.05, 0) is 47.4 Å². The molecule has 0 saturated carbocycles. The van der Waals surface area contributed by atoms with Crippen molar-refractivity contribution in [2.75, 3.05) is 25.0 Å². The molecule has 1 aliphatic rings. The average molecular weight is 328 g/mol. The van der Waals surface area contributed by atoms with Gasteiger partial charge in [0, 0.05) is 16.7 Å². The first kappa shape index (κ1) is 14.4. The van der Waals surface area contributed by atoms with Gasteiger partial charge in [-0.15, -0.1) is 0 Å². The second-order valence-corrected chi connectivity index (χ2v) is 5.63. The van der Waals surface area contributed by atoms with Gasteiger partial charge in [0.2, 0.25) is 5.91 Å². The third-order valence-electron chi connectivity index (χ3n) is 3.30. The van der Waals surface area contributed by atoms with Crippen molar-refractivity contribution >= 4 is 27.7 Å².